The van der Waals surface area contributed by atoms with E-state index in [9.17, 15) is 24.6 Å². The normalized spacial score (nSPS) is 24.6. The van der Waals surface area contributed by atoms with E-state index in [-0.39, 0.29) is 30.2 Å². The Bertz CT molecular complexity index is 704. The monoisotopic (exact) mass is 358 g/mol. The third-order valence-corrected chi connectivity index (χ3v) is 4.86. The lowest BCUT2D eigenvalue weighted by Crippen LogP contribution is -2.30. The maximum absolute atomic E-state index is 11.8. The maximum Gasteiger partial charge on any atom is 0.177 e. The summed E-state index contributed by atoms with van der Waals surface area (Å²) in [6, 6.07) is 7.45. The average molecular weight is 358 g/mol. The third kappa shape index (κ3) is 4.15. The molecule has 6 heteroatoms. The lowest BCUT2D eigenvalue weighted by Gasteiger charge is -2.16. The molecule has 3 rings (SSSR count). The number of aryl methyl sites for hydroxylation is 1. The minimum Gasteiger partial charge on any atom is -0.388 e. The summed E-state index contributed by atoms with van der Waals surface area (Å²) in [5.41, 5.74) is 1.81. The summed E-state index contributed by atoms with van der Waals surface area (Å²) in [6.07, 6.45) is 1.91. The average Bonchev–Trinajstić information content (AvgIpc) is 3.11. The molecule has 1 aromatic rings. The second-order valence-corrected chi connectivity index (χ2v) is 6.77. The van der Waals surface area contributed by atoms with Crippen LogP contribution in [0.3, 0.4) is 0 Å². The van der Waals surface area contributed by atoms with Gasteiger partial charge in [0, 0.05) is 12.8 Å². The first kappa shape index (κ1) is 18.6. The van der Waals surface area contributed by atoms with E-state index >= 15 is 0 Å². The molecule has 2 aliphatic rings. The SMILES string of the molecule is O=C1CCC(=O)C1OC(O)CCCc1ccc(C2C(=O)C=CC2O)cc1. The molecule has 6 nitrogen and oxygen atoms in total. The van der Waals surface area contributed by atoms with E-state index in [1.165, 1.54) is 12.2 Å². The smallest absolute Gasteiger partial charge is 0.177 e. The maximum atomic E-state index is 11.8. The number of rotatable bonds is 7. The topological polar surface area (TPSA) is 101 Å². The van der Waals surface area contributed by atoms with Gasteiger partial charge >= 0.3 is 0 Å². The van der Waals surface area contributed by atoms with Crippen LogP contribution in [0.2, 0.25) is 0 Å². The standard InChI is InChI=1S/C20H22O6/c21-14-8-9-15(22)19(14)13-6-4-12(5-7-13)2-1-3-18(25)26-20-16(23)10-11-17(20)24/h4-9,14,18-21,25H,1-3,10-11H2. The summed E-state index contributed by atoms with van der Waals surface area (Å²) in [4.78, 5) is 34.8. The van der Waals surface area contributed by atoms with E-state index in [1.807, 2.05) is 24.3 Å². The molecule has 0 aromatic heterocycles. The van der Waals surface area contributed by atoms with Crippen LogP contribution in [0.4, 0.5) is 0 Å². The number of allylic oxidation sites excluding steroid dienone is 1. The first-order valence-electron chi connectivity index (χ1n) is 8.83. The number of Topliss-reactive ketones (excluding diaryl/α,β-unsaturated/α-hetero) is 2. The van der Waals surface area contributed by atoms with Crippen molar-refractivity contribution in [1.29, 1.82) is 0 Å². The number of carbonyl (C=O) groups is 3. The van der Waals surface area contributed by atoms with Crippen molar-refractivity contribution in [2.24, 2.45) is 0 Å². The number of ether oxygens (including phenoxy) is 1. The van der Waals surface area contributed by atoms with Crippen molar-refractivity contribution in [3.8, 4) is 0 Å². The Labute approximate surface area is 151 Å². The van der Waals surface area contributed by atoms with Crippen molar-refractivity contribution >= 4 is 17.3 Å². The molecule has 0 spiro atoms. The molecule has 0 saturated heterocycles. The summed E-state index contributed by atoms with van der Waals surface area (Å²) < 4.78 is 5.17. The van der Waals surface area contributed by atoms with Crippen LogP contribution in [0, 0.1) is 0 Å². The lowest BCUT2D eigenvalue weighted by molar-refractivity contribution is -0.164. The highest BCUT2D eigenvalue weighted by Crippen LogP contribution is 2.27. The number of hydrogen-bond donors (Lipinski definition) is 2. The minimum atomic E-state index is -1.14. The quantitative estimate of drug-likeness (QED) is 0.562. The van der Waals surface area contributed by atoms with E-state index in [2.05, 4.69) is 0 Å². The van der Waals surface area contributed by atoms with Crippen LogP contribution >= 0.6 is 0 Å². The number of ketones is 3. The Morgan fingerprint density at radius 1 is 1.08 bits per heavy atom. The highest BCUT2D eigenvalue weighted by molar-refractivity contribution is 6.11. The second kappa shape index (κ2) is 8.03. The third-order valence-electron chi connectivity index (χ3n) is 4.86. The number of aliphatic hydroxyl groups excluding tert-OH is 2. The van der Waals surface area contributed by atoms with Crippen molar-refractivity contribution in [3.05, 3.63) is 47.5 Å². The summed E-state index contributed by atoms with van der Waals surface area (Å²) >= 11 is 0. The van der Waals surface area contributed by atoms with Crippen LogP contribution in [-0.4, -0.2) is 46.1 Å². The van der Waals surface area contributed by atoms with Gasteiger partial charge < -0.3 is 14.9 Å². The number of hydrogen-bond acceptors (Lipinski definition) is 6. The van der Waals surface area contributed by atoms with Crippen LogP contribution in [0.5, 0.6) is 0 Å². The van der Waals surface area contributed by atoms with Gasteiger partial charge in [0.25, 0.3) is 0 Å². The van der Waals surface area contributed by atoms with Crippen LogP contribution in [0.15, 0.2) is 36.4 Å². The Morgan fingerprint density at radius 3 is 2.31 bits per heavy atom. The Morgan fingerprint density at radius 2 is 1.73 bits per heavy atom. The molecule has 26 heavy (non-hydrogen) atoms. The highest BCUT2D eigenvalue weighted by atomic mass is 16.6. The number of aliphatic hydroxyl groups is 2. The van der Waals surface area contributed by atoms with Crippen molar-refractivity contribution in [3.63, 3.8) is 0 Å². The molecule has 3 atom stereocenters. The van der Waals surface area contributed by atoms with Crippen molar-refractivity contribution in [2.75, 3.05) is 0 Å². The lowest BCUT2D eigenvalue weighted by atomic mass is 9.93. The van der Waals surface area contributed by atoms with Crippen LogP contribution in [-0.2, 0) is 25.5 Å². The first-order chi connectivity index (χ1) is 12.5. The zero-order valence-electron chi connectivity index (χ0n) is 14.3. The molecule has 138 valence electrons. The Hall–Kier alpha value is -2.15. The molecule has 0 radical (unpaired) electrons. The molecule has 0 amide bonds. The van der Waals surface area contributed by atoms with Gasteiger partial charge in [0.1, 0.15) is 0 Å². The van der Waals surface area contributed by atoms with E-state index in [1.54, 1.807) is 0 Å². The molecule has 0 aliphatic heterocycles. The van der Waals surface area contributed by atoms with E-state index in [0.29, 0.717) is 19.3 Å². The molecule has 1 saturated carbocycles. The van der Waals surface area contributed by atoms with Gasteiger partial charge in [-0.15, -0.1) is 0 Å². The van der Waals surface area contributed by atoms with Gasteiger partial charge in [-0.1, -0.05) is 30.3 Å². The molecular weight excluding hydrogens is 336 g/mol. The molecule has 2 aliphatic carbocycles. The molecule has 0 bridgehead atoms. The van der Waals surface area contributed by atoms with E-state index in [4.69, 9.17) is 4.74 Å². The fourth-order valence-electron chi connectivity index (χ4n) is 3.38. The molecular formula is C20H22O6. The number of carbonyl (C=O) groups excluding carboxylic acids is 3. The molecule has 0 heterocycles. The van der Waals surface area contributed by atoms with Crippen LogP contribution < -0.4 is 0 Å². The zero-order valence-corrected chi connectivity index (χ0v) is 14.3. The fraction of sp³-hybridized carbons (Fsp3) is 0.450. The molecule has 3 unspecified atom stereocenters. The van der Waals surface area contributed by atoms with Crippen molar-refractivity contribution in [1.82, 2.24) is 0 Å². The van der Waals surface area contributed by atoms with Gasteiger partial charge in [-0.05, 0) is 36.5 Å². The molecule has 1 aromatic carbocycles. The zero-order chi connectivity index (χ0) is 18.7. The van der Waals surface area contributed by atoms with Gasteiger partial charge in [-0.2, -0.15) is 0 Å². The largest absolute Gasteiger partial charge is 0.388 e. The molecule has 2 N–H and O–H groups in total. The second-order valence-electron chi connectivity index (χ2n) is 6.77. The molecule has 1 fully saturated rings. The van der Waals surface area contributed by atoms with E-state index in [0.717, 1.165) is 11.1 Å². The fourth-order valence-corrected chi connectivity index (χ4v) is 3.38. The minimum absolute atomic E-state index is 0.0958. The van der Waals surface area contributed by atoms with Gasteiger partial charge in [0.15, 0.2) is 29.7 Å². The Kier molecular flexibility index (Phi) is 5.76. The first-order valence-corrected chi connectivity index (χ1v) is 8.83. The number of benzene rings is 1. The van der Waals surface area contributed by atoms with Crippen molar-refractivity contribution in [2.45, 2.75) is 56.5 Å². The summed E-state index contributed by atoms with van der Waals surface area (Å²) in [5.74, 6) is -1.15. The summed E-state index contributed by atoms with van der Waals surface area (Å²) in [6.45, 7) is 0. The van der Waals surface area contributed by atoms with Crippen LogP contribution in [0.1, 0.15) is 42.7 Å². The highest BCUT2D eigenvalue weighted by Gasteiger charge is 2.35. The van der Waals surface area contributed by atoms with Crippen LogP contribution in [0.25, 0.3) is 0 Å². The van der Waals surface area contributed by atoms with Gasteiger partial charge in [-0.25, -0.2) is 0 Å². The van der Waals surface area contributed by atoms with Gasteiger partial charge in [0.2, 0.25) is 0 Å². The van der Waals surface area contributed by atoms with Crippen molar-refractivity contribution < 1.29 is 29.3 Å². The Balaban J connectivity index is 1.46. The van der Waals surface area contributed by atoms with Gasteiger partial charge in [-0.3, -0.25) is 14.4 Å². The predicted molar refractivity (Wildman–Crippen MR) is 92.4 cm³/mol. The summed E-state index contributed by atoms with van der Waals surface area (Å²) in [7, 11) is 0. The summed E-state index contributed by atoms with van der Waals surface area (Å²) in [5, 5.41) is 19.7. The van der Waals surface area contributed by atoms with E-state index < -0.39 is 24.4 Å². The van der Waals surface area contributed by atoms with Gasteiger partial charge in [0.05, 0.1) is 12.0 Å². The predicted octanol–water partition coefficient (Wildman–Crippen LogP) is 1.23.